The van der Waals surface area contributed by atoms with Crippen molar-refractivity contribution in [1.29, 1.82) is 0 Å². The van der Waals surface area contributed by atoms with Crippen LogP contribution in [0.3, 0.4) is 0 Å². The molecule has 2 aromatic rings. The van der Waals surface area contributed by atoms with Crippen molar-refractivity contribution in [2.75, 3.05) is 23.5 Å². The highest BCUT2D eigenvalue weighted by Crippen LogP contribution is 2.65. The number of hydrogen-bond donors (Lipinski definition) is 0. The van der Waals surface area contributed by atoms with Gasteiger partial charge in [-0.05, 0) is 60.4 Å². The van der Waals surface area contributed by atoms with E-state index in [-0.39, 0.29) is 71.5 Å². The molecular formula is C29H25N3O8. The van der Waals surface area contributed by atoms with Crippen LogP contribution in [0.25, 0.3) is 0 Å². The van der Waals surface area contributed by atoms with Gasteiger partial charge in [0.05, 0.1) is 47.2 Å². The van der Waals surface area contributed by atoms with E-state index in [0.717, 1.165) is 6.42 Å². The molecule has 2 aliphatic heterocycles. The molecule has 2 saturated carbocycles. The first-order valence-corrected chi connectivity index (χ1v) is 13.3. The van der Waals surface area contributed by atoms with Crippen molar-refractivity contribution >= 4 is 40.8 Å². The molecule has 3 amide bonds. The van der Waals surface area contributed by atoms with Crippen LogP contribution in [-0.4, -0.2) is 42.3 Å². The fraction of sp³-hybridized carbons (Fsp3) is 0.379. The number of nitro benzene ring substituents is 1. The number of amides is 3. The van der Waals surface area contributed by atoms with E-state index in [9.17, 15) is 29.3 Å². The first-order chi connectivity index (χ1) is 19.3. The summed E-state index contributed by atoms with van der Waals surface area (Å²) in [7, 11) is 1.35. The molecule has 40 heavy (non-hydrogen) atoms. The summed E-state index contributed by atoms with van der Waals surface area (Å²) in [6, 6.07) is 10.2. The number of carbonyl (C=O) groups is 4. The Morgan fingerprint density at radius 3 is 2.23 bits per heavy atom. The summed E-state index contributed by atoms with van der Waals surface area (Å²) < 4.78 is 10.8. The summed E-state index contributed by atoms with van der Waals surface area (Å²) >= 11 is 0. The van der Waals surface area contributed by atoms with E-state index < -0.39 is 16.8 Å². The predicted octanol–water partition coefficient (Wildman–Crippen LogP) is 3.12. The van der Waals surface area contributed by atoms with Crippen molar-refractivity contribution in [3.8, 4) is 11.5 Å². The van der Waals surface area contributed by atoms with E-state index in [0.29, 0.717) is 23.2 Å². The van der Waals surface area contributed by atoms with Crippen LogP contribution in [0.4, 0.5) is 17.1 Å². The van der Waals surface area contributed by atoms with Gasteiger partial charge in [0, 0.05) is 19.0 Å². The molecule has 2 bridgehead atoms. The lowest BCUT2D eigenvalue weighted by atomic mass is 9.63. The quantitative estimate of drug-likeness (QED) is 0.135. The molecule has 2 saturated heterocycles. The number of non-ortho nitro benzene ring substituents is 1. The average molecular weight is 544 g/mol. The summed E-state index contributed by atoms with van der Waals surface area (Å²) in [6.07, 6.45) is 5.27. The first kappa shape index (κ1) is 24.5. The number of imide groups is 1. The maximum Gasteiger partial charge on any atom is 0.316 e. The highest BCUT2D eigenvalue weighted by molar-refractivity contribution is 6.22. The molecule has 6 aliphatic rings. The Bertz CT molecular complexity index is 1480. The molecule has 0 spiro atoms. The van der Waals surface area contributed by atoms with E-state index in [2.05, 4.69) is 12.2 Å². The summed E-state index contributed by atoms with van der Waals surface area (Å²) in [6.45, 7) is 0.0296. The molecule has 0 radical (unpaired) electrons. The summed E-state index contributed by atoms with van der Waals surface area (Å²) in [5.41, 5.74) is 0.604. The van der Waals surface area contributed by atoms with Gasteiger partial charge in [0.15, 0.2) is 0 Å². The van der Waals surface area contributed by atoms with E-state index in [1.165, 1.54) is 47.2 Å². The fourth-order valence-electron chi connectivity index (χ4n) is 7.18. The van der Waals surface area contributed by atoms with Gasteiger partial charge in [0.25, 0.3) is 5.69 Å². The molecule has 4 aliphatic carbocycles. The zero-order valence-corrected chi connectivity index (χ0v) is 21.5. The zero-order chi connectivity index (χ0) is 27.9. The molecule has 8 rings (SSSR count). The van der Waals surface area contributed by atoms with Gasteiger partial charge in [-0.25, -0.2) is 0 Å². The Morgan fingerprint density at radius 2 is 1.62 bits per heavy atom. The molecule has 11 heteroatoms. The number of nitrogens with zero attached hydrogens (tertiary/aromatic N) is 3. The average Bonchev–Trinajstić information content (AvgIpc) is 3.63. The third-order valence-corrected chi connectivity index (χ3v) is 9.10. The van der Waals surface area contributed by atoms with E-state index in [1.807, 2.05) is 0 Å². The van der Waals surface area contributed by atoms with Crippen LogP contribution in [0.2, 0.25) is 0 Å². The molecule has 2 heterocycles. The van der Waals surface area contributed by atoms with Crippen molar-refractivity contribution in [1.82, 2.24) is 0 Å². The minimum atomic E-state index is -0.758. The van der Waals surface area contributed by atoms with Gasteiger partial charge in [-0.2, -0.15) is 0 Å². The normalized spacial score (nSPS) is 31.3. The number of anilines is 2. The number of ether oxygens (including phenoxy) is 2. The fourth-order valence-corrected chi connectivity index (χ4v) is 7.18. The van der Waals surface area contributed by atoms with Crippen LogP contribution >= 0.6 is 0 Å². The van der Waals surface area contributed by atoms with Crippen molar-refractivity contribution in [2.45, 2.75) is 12.8 Å². The van der Waals surface area contributed by atoms with E-state index in [1.54, 1.807) is 12.1 Å². The van der Waals surface area contributed by atoms with Gasteiger partial charge in [0.2, 0.25) is 17.7 Å². The Hall–Kier alpha value is -4.54. The number of allylic oxidation sites excluding steroid dienone is 2. The number of esters is 1. The lowest BCUT2D eigenvalue weighted by Gasteiger charge is -2.37. The summed E-state index contributed by atoms with van der Waals surface area (Å²) in [5, 5.41) is 11.1. The molecule has 11 nitrogen and oxygen atoms in total. The number of benzene rings is 2. The van der Waals surface area contributed by atoms with Crippen LogP contribution in [0.15, 0.2) is 54.6 Å². The molecule has 0 aromatic heterocycles. The summed E-state index contributed by atoms with van der Waals surface area (Å²) in [5.74, 6) is -0.888. The van der Waals surface area contributed by atoms with Crippen LogP contribution < -0.4 is 19.3 Å². The summed E-state index contributed by atoms with van der Waals surface area (Å²) in [4.78, 5) is 65.4. The Labute approximate surface area is 228 Å². The number of carbonyl (C=O) groups excluding carboxylic acids is 4. The third kappa shape index (κ3) is 3.56. The monoisotopic (exact) mass is 543 g/mol. The van der Waals surface area contributed by atoms with Gasteiger partial charge in [-0.1, -0.05) is 12.2 Å². The van der Waals surface area contributed by atoms with Gasteiger partial charge in [0.1, 0.15) is 11.5 Å². The largest absolute Gasteiger partial charge is 0.494 e. The molecule has 2 aromatic carbocycles. The minimum absolute atomic E-state index is 0.0296. The second-order valence-corrected chi connectivity index (χ2v) is 11.1. The SMILES string of the molecule is COc1cc([N+](=O)[O-])ccc1N1C[C@H](C(=O)Oc2ccc(N3C(=O)[C@@H]4[C@H]5C=C[C@@H]([C@@H]6C[C@H]56)[C@@H]4C3=O)cc2)CC1=O. The Kier molecular flexibility index (Phi) is 5.35. The topological polar surface area (TPSA) is 136 Å². The predicted molar refractivity (Wildman–Crippen MR) is 139 cm³/mol. The molecular weight excluding hydrogens is 518 g/mol. The molecule has 0 unspecified atom stereocenters. The van der Waals surface area contributed by atoms with E-state index in [4.69, 9.17) is 9.47 Å². The molecule has 204 valence electrons. The van der Waals surface area contributed by atoms with Gasteiger partial charge in [-0.3, -0.25) is 34.2 Å². The maximum atomic E-state index is 13.3. The lowest BCUT2D eigenvalue weighted by Crippen LogP contribution is -2.40. The van der Waals surface area contributed by atoms with Crippen LogP contribution in [0, 0.1) is 51.5 Å². The standard InChI is InChI=1S/C29H25N3O8/c1-39-23-11-16(32(37)38)4-9-22(23)30-13-14(10-24(30)33)29(36)40-17-5-2-15(3-6-17)31-27(34)25-18-7-8-19(21-12-20(18)21)26(25)28(31)35/h2-9,11,14,18-21,25-26H,10,12-13H2,1H3/t14-,18+,19+,20-,21+,25-,26+/m1/s1. The number of nitro groups is 1. The Morgan fingerprint density at radius 1 is 0.975 bits per heavy atom. The van der Waals surface area contributed by atoms with Gasteiger partial charge in [-0.15, -0.1) is 0 Å². The van der Waals surface area contributed by atoms with Crippen molar-refractivity contribution < 1.29 is 33.6 Å². The molecule has 0 N–H and O–H groups in total. The lowest BCUT2D eigenvalue weighted by molar-refractivity contribution is -0.384. The first-order valence-electron chi connectivity index (χ1n) is 13.3. The van der Waals surface area contributed by atoms with Gasteiger partial charge < -0.3 is 14.4 Å². The second kappa shape index (κ2) is 8.73. The van der Waals surface area contributed by atoms with Crippen molar-refractivity contribution in [3.63, 3.8) is 0 Å². The number of hydrogen-bond acceptors (Lipinski definition) is 8. The molecule has 4 fully saturated rings. The number of rotatable bonds is 6. The van der Waals surface area contributed by atoms with E-state index >= 15 is 0 Å². The second-order valence-electron chi connectivity index (χ2n) is 11.1. The maximum absolute atomic E-state index is 13.3. The third-order valence-electron chi connectivity index (χ3n) is 9.10. The highest BCUT2D eigenvalue weighted by Gasteiger charge is 2.67. The van der Waals surface area contributed by atoms with Crippen molar-refractivity contribution in [3.05, 3.63) is 64.7 Å². The number of methoxy groups -OCH3 is 1. The van der Waals surface area contributed by atoms with Crippen LogP contribution in [0.1, 0.15) is 12.8 Å². The smallest absolute Gasteiger partial charge is 0.316 e. The van der Waals surface area contributed by atoms with Crippen molar-refractivity contribution in [2.24, 2.45) is 41.4 Å². The molecule has 7 atom stereocenters. The van der Waals surface area contributed by atoms with Crippen LogP contribution in [-0.2, 0) is 19.2 Å². The zero-order valence-electron chi connectivity index (χ0n) is 21.5. The Balaban J connectivity index is 1.03. The van der Waals surface area contributed by atoms with Crippen LogP contribution in [0.5, 0.6) is 11.5 Å². The minimum Gasteiger partial charge on any atom is -0.494 e. The van der Waals surface area contributed by atoms with Gasteiger partial charge >= 0.3 is 5.97 Å². The highest BCUT2D eigenvalue weighted by atomic mass is 16.6.